The molecule has 1 aromatic rings. The van der Waals surface area contributed by atoms with Crippen molar-refractivity contribution in [3.8, 4) is 0 Å². The van der Waals surface area contributed by atoms with E-state index >= 15 is 0 Å². The second-order valence-electron chi connectivity index (χ2n) is 3.79. The highest BCUT2D eigenvalue weighted by molar-refractivity contribution is 7.87. The maximum Gasteiger partial charge on any atom is 0.279 e. The Balaban J connectivity index is 2.81. The van der Waals surface area contributed by atoms with Gasteiger partial charge in [-0.25, -0.2) is 0 Å². The molecule has 0 aliphatic rings. The van der Waals surface area contributed by atoms with Crippen LogP contribution >= 0.6 is 0 Å². The minimum Gasteiger partial charge on any atom is -0.409 e. The first-order valence-electron chi connectivity index (χ1n) is 5.11. The Morgan fingerprint density at radius 2 is 2.17 bits per heavy atom. The van der Waals surface area contributed by atoms with Crippen LogP contribution in [0.4, 0.5) is 0 Å². The normalized spacial score (nSPS) is 12.9. The molecule has 8 heteroatoms. The number of amidine groups is 1. The Labute approximate surface area is 106 Å². The lowest BCUT2D eigenvalue weighted by molar-refractivity contribution is 0.318. The molecule has 0 bridgehead atoms. The lowest BCUT2D eigenvalue weighted by atomic mass is 10.1. The molecule has 0 atom stereocenters. The lowest BCUT2D eigenvalue weighted by Gasteiger charge is -2.12. The van der Waals surface area contributed by atoms with E-state index in [4.69, 9.17) is 10.9 Å². The summed E-state index contributed by atoms with van der Waals surface area (Å²) in [5.41, 5.74) is 6.69. The number of nitrogens with zero attached hydrogens (tertiary/aromatic N) is 2. The third kappa shape index (κ3) is 3.69. The van der Waals surface area contributed by atoms with Crippen LogP contribution in [0.3, 0.4) is 0 Å². The third-order valence-electron chi connectivity index (χ3n) is 2.27. The van der Waals surface area contributed by atoms with Gasteiger partial charge in [-0.1, -0.05) is 23.4 Å². The molecule has 4 N–H and O–H groups in total. The lowest BCUT2D eigenvalue weighted by Crippen LogP contribution is -2.35. The number of nitrogens with one attached hydrogen (secondary N) is 1. The van der Waals surface area contributed by atoms with E-state index in [1.54, 1.807) is 24.3 Å². The second-order valence-corrected chi connectivity index (χ2v) is 5.76. The fourth-order valence-electron chi connectivity index (χ4n) is 1.20. The van der Waals surface area contributed by atoms with Crippen molar-refractivity contribution in [1.29, 1.82) is 0 Å². The molecule has 0 heterocycles. The summed E-state index contributed by atoms with van der Waals surface area (Å²) in [4.78, 5) is 0. The van der Waals surface area contributed by atoms with Crippen LogP contribution in [0.2, 0.25) is 0 Å². The Hall–Kier alpha value is -1.64. The molecule has 0 aliphatic heterocycles. The SMILES string of the molecule is CN(C)S(=O)(=O)NCc1cccc(C(N)=NO)c1. The number of nitrogens with two attached hydrogens (primary N) is 1. The van der Waals surface area contributed by atoms with Crippen molar-refractivity contribution in [2.75, 3.05) is 14.1 Å². The average Bonchev–Trinajstić information content (AvgIpc) is 2.35. The van der Waals surface area contributed by atoms with Gasteiger partial charge in [0.05, 0.1) is 0 Å². The predicted molar refractivity (Wildman–Crippen MR) is 68.4 cm³/mol. The zero-order valence-corrected chi connectivity index (χ0v) is 11.0. The van der Waals surface area contributed by atoms with Gasteiger partial charge < -0.3 is 10.9 Å². The monoisotopic (exact) mass is 272 g/mol. The van der Waals surface area contributed by atoms with E-state index in [-0.39, 0.29) is 12.4 Å². The summed E-state index contributed by atoms with van der Waals surface area (Å²) in [7, 11) is -0.583. The van der Waals surface area contributed by atoms with Crippen LogP contribution in [0.15, 0.2) is 29.4 Å². The topological polar surface area (TPSA) is 108 Å². The van der Waals surface area contributed by atoms with Gasteiger partial charge in [-0.15, -0.1) is 0 Å². The molecule has 0 unspecified atom stereocenters. The maximum absolute atomic E-state index is 11.5. The average molecular weight is 272 g/mol. The molecule has 0 fully saturated rings. The zero-order chi connectivity index (χ0) is 13.8. The zero-order valence-electron chi connectivity index (χ0n) is 10.2. The van der Waals surface area contributed by atoms with E-state index < -0.39 is 10.2 Å². The fraction of sp³-hybridized carbons (Fsp3) is 0.300. The Morgan fingerprint density at radius 1 is 1.50 bits per heavy atom. The van der Waals surface area contributed by atoms with Gasteiger partial charge in [0, 0.05) is 26.2 Å². The van der Waals surface area contributed by atoms with Crippen LogP contribution in [0.25, 0.3) is 0 Å². The summed E-state index contributed by atoms with van der Waals surface area (Å²) < 4.78 is 26.5. The van der Waals surface area contributed by atoms with Crippen molar-refractivity contribution in [1.82, 2.24) is 9.03 Å². The second kappa shape index (κ2) is 5.80. The van der Waals surface area contributed by atoms with Gasteiger partial charge >= 0.3 is 0 Å². The van der Waals surface area contributed by atoms with Crippen molar-refractivity contribution in [2.24, 2.45) is 10.9 Å². The molecule has 0 spiro atoms. The number of hydrogen-bond acceptors (Lipinski definition) is 4. The molecule has 0 amide bonds. The molecule has 1 aromatic carbocycles. The Morgan fingerprint density at radius 3 is 2.72 bits per heavy atom. The first-order valence-corrected chi connectivity index (χ1v) is 6.55. The standard InChI is InChI=1S/C10H16N4O3S/c1-14(2)18(16,17)12-7-8-4-3-5-9(6-8)10(11)13-15/h3-6,12,15H,7H2,1-2H3,(H2,11,13). The van der Waals surface area contributed by atoms with E-state index in [2.05, 4.69) is 9.88 Å². The summed E-state index contributed by atoms with van der Waals surface area (Å²) >= 11 is 0. The van der Waals surface area contributed by atoms with Crippen molar-refractivity contribution in [3.05, 3.63) is 35.4 Å². The van der Waals surface area contributed by atoms with Crippen molar-refractivity contribution in [2.45, 2.75) is 6.54 Å². The van der Waals surface area contributed by atoms with E-state index in [9.17, 15) is 8.42 Å². The first-order chi connectivity index (χ1) is 8.36. The quantitative estimate of drug-likeness (QED) is 0.295. The minimum absolute atomic E-state index is 0.0210. The molecule has 0 saturated heterocycles. The van der Waals surface area contributed by atoms with Crippen LogP contribution in [0, 0.1) is 0 Å². The smallest absolute Gasteiger partial charge is 0.279 e. The van der Waals surface area contributed by atoms with E-state index in [0.29, 0.717) is 11.1 Å². The maximum atomic E-state index is 11.5. The highest BCUT2D eigenvalue weighted by Gasteiger charge is 2.12. The molecule has 0 aromatic heterocycles. The summed E-state index contributed by atoms with van der Waals surface area (Å²) in [6.07, 6.45) is 0. The molecular weight excluding hydrogens is 256 g/mol. The van der Waals surface area contributed by atoms with Crippen LogP contribution in [0.5, 0.6) is 0 Å². The highest BCUT2D eigenvalue weighted by Crippen LogP contribution is 2.05. The van der Waals surface area contributed by atoms with Gasteiger partial charge in [-0.2, -0.15) is 17.4 Å². The third-order valence-corrected chi connectivity index (χ3v) is 3.74. The molecule has 1 rings (SSSR count). The van der Waals surface area contributed by atoms with Crippen LogP contribution in [0.1, 0.15) is 11.1 Å². The fourth-order valence-corrected chi connectivity index (χ4v) is 1.81. The van der Waals surface area contributed by atoms with Gasteiger partial charge in [-0.3, -0.25) is 0 Å². The van der Waals surface area contributed by atoms with Crippen LogP contribution in [-0.4, -0.2) is 37.9 Å². The Bertz CT molecular complexity index is 540. The molecular formula is C10H16N4O3S. The van der Waals surface area contributed by atoms with E-state index in [1.807, 2.05) is 0 Å². The number of hydrogen-bond donors (Lipinski definition) is 3. The summed E-state index contributed by atoms with van der Waals surface area (Å²) in [6, 6.07) is 6.76. The number of oxime groups is 1. The summed E-state index contributed by atoms with van der Waals surface area (Å²) in [6.45, 7) is 0.132. The number of benzene rings is 1. The van der Waals surface area contributed by atoms with Gasteiger partial charge in [0.2, 0.25) is 0 Å². The van der Waals surface area contributed by atoms with Crippen LogP contribution < -0.4 is 10.5 Å². The Kier molecular flexibility index (Phi) is 4.65. The molecule has 7 nitrogen and oxygen atoms in total. The molecule has 100 valence electrons. The molecule has 0 aliphatic carbocycles. The van der Waals surface area contributed by atoms with Gasteiger partial charge in [0.15, 0.2) is 5.84 Å². The first kappa shape index (κ1) is 14.4. The van der Waals surface area contributed by atoms with E-state index in [1.165, 1.54) is 14.1 Å². The van der Waals surface area contributed by atoms with Gasteiger partial charge in [0.25, 0.3) is 10.2 Å². The van der Waals surface area contributed by atoms with Crippen molar-refractivity contribution in [3.63, 3.8) is 0 Å². The molecule has 0 saturated carbocycles. The van der Waals surface area contributed by atoms with Gasteiger partial charge in [0.1, 0.15) is 0 Å². The van der Waals surface area contributed by atoms with Crippen molar-refractivity contribution < 1.29 is 13.6 Å². The number of rotatable bonds is 5. The largest absolute Gasteiger partial charge is 0.409 e. The minimum atomic E-state index is -3.46. The van der Waals surface area contributed by atoms with E-state index in [0.717, 1.165) is 4.31 Å². The van der Waals surface area contributed by atoms with Gasteiger partial charge in [-0.05, 0) is 11.6 Å². The molecule has 0 radical (unpaired) electrons. The van der Waals surface area contributed by atoms with Crippen LogP contribution in [-0.2, 0) is 16.8 Å². The predicted octanol–water partition coefficient (Wildman–Crippen LogP) is -0.323. The molecule has 18 heavy (non-hydrogen) atoms. The van der Waals surface area contributed by atoms with Crippen molar-refractivity contribution >= 4 is 16.0 Å². The summed E-state index contributed by atoms with van der Waals surface area (Å²) in [5.74, 6) is -0.0210. The summed E-state index contributed by atoms with van der Waals surface area (Å²) in [5, 5.41) is 11.4. The highest BCUT2D eigenvalue weighted by atomic mass is 32.2.